The van der Waals surface area contributed by atoms with Gasteiger partial charge < -0.3 is 9.30 Å². The zero-order valence-electron chi connectivity index (χ0n) is 20.1. The number of nitrogens with zero attached hydrogens (tertiary/aromatic N) is 2. The summed E-state index contributed by atoms with van der Waals surface area (Å²) < 4.78 is 6.83. The number of hydrogen-bond acceptors (Lipinski definition) is 5. The number of ether oxygens (including phenoxy) is 1. The van der Waals surface area contributed by atoms with Gasteiger partial charge in [0, 0.05) is 11.4 Å². The molecule has 2 amide bonds. The SMILES string of the molecule is COC(=O)c1ccccc1-n1c(C)cc(/C=C2/C(=O)NC(=S)N(c3cc(C)cc(C)c3)C2=O)c1C. The Balaban J connectivity index is 1.80. The fourth-order valence-corrected chi connectivity index (χ4v) is 4.66. The molecule has 3 aromatic rings. The maximum atomic E-state index is 13.5. The van der Waals surface area contributed by atoms with Crippen LogP contribution in [-0.2, 0) is 14.3 Å². The predicted molar refractivity (Wildman–Crippen MR) is 139 cm³/mol. The van der Waals surface area contributed by atoms with Gasteiger partial charge in [0.05, 0.1) is 24.0 Å². The lowest BCUT2D eigenvalue weighted by atomic mass is 10.1. The molecule has 1 fully saturated rings. The molecule has 8 heteroatoms. The number of aromatic nitrogens is 1. The second-order valence-corrected chi connectivity index (χ2v) is 8.86. The number of thiocarbonyl (C=S) groups is 1. The maximum Gasteiger partial charge on any atom is 0.339 e. The van der Waals surface area contributed by atoms with E-state index in [0.29, 0.717) is 22.5 Å². The van der Waals surface area contributed by atoms with Crippen molar-refractivity contribution >= 4 is 46.9 Å². The maximum absolute atomic E-state index is 13.5. The van der Waals surface area contributed by atoms with Crippen LogP contribution in [0.5, 0.6) is 0 Å². The van der Waals surface area contributed by atoms with Gasteiger partial charge >= 0.3 is 5.97 Å². The first-order valence-electron chi connectivity index (χ1n) is 11.0. The second kappa shape index (κ2) is 9.31. The van der Waals surface area contributed by atoms with Gasteiger partial charge in [0.1, 0.15) is 5.57 Å². The molecule has 1 saturated heterocycles. The number of nitrogens with one attached hydrogen (secondary N) is 1. The highest BCUT2D eigenvalue weighted by Crippen LogP contribution is 2.28. The summed E-state index contributed by atoms with van der Waals surface area (Å²) in [5.74, 6) is -1.50. The lowest BCUT2D eigenvalue weighted by Gasteiger charge is -2.29. The minimum Gasteiger partial charge on any atom is -0.465 e. The number of methoxy groups -OCH3 is 1. The third-order valence-corrected chi connectivity index (χ3v) is 6.17. The van der Waals surface area contributed by atoms with Crippen LogP contribution in [0.4, 0.5) is 5.69 Å². The number of aryl methyl sites for hydroxylation is 3. The molecule has 0 spiro atoms. The van der Waals surface area contributed by atoms with Crippen LogP contribution in [0.1, 0.15) is 38.4 Å². The minimum atomic E-state index is -0.555. The molecule has 7 nitrogen and oxygen atoms in total. The summed E-state index contributed by atoms with van der Waals surface area (Å²) in [7, 11) is 1.34. The van der Waals surface area contributed by atoms with Crippen molar-refractivity contribution in [3.05, 3.63) is 87.7 Å². The minimum absolute atomic E-state index is 0.0285. The van der Waals surface area contributed by atoms with E-state index in [0.717, 1.165) is 22.5 Å². The molecule has 1 aliphatic heterocycles. The molecule has 2 heterocycles. The van der Waals surface area contributed by atoms with E-state index in [1.165, 1.54) is 12.0 Å². The van der Waals surface area contributed by atoms with Crippen LogP contribution in [0.25, 0.3) is 11.8 Å². The number of carbonyl (C=O) groups excluding carboxylic acids is 3. The number of rotatable bonds is 4. The highest BCUT2D eigenvalue weighted by atomic mass is 32.1. The zero-order valence-corrected chi connectivity index (χ0v) is 20.9. The van der Waals surface area contributed by atoms with Gasteiger partial charge in [-0.05, 0) is 93.0 Å². The quantitative estimate of drug-likeness (QED) is 0.256. The average Bonchev–Trinajstić information content (AvgIpc) is 3.07. The molecule has 0 radical (unpaired) electrons. The first-order chi connectivity index (χ1) is 16.6. The van der Waals surface area contributed by atoms with Crippen molar-refractivity contribution in [3.63, 3.8) is 0 Å². The van der Waals surface area contributed by atoms with Crippen LogP contribution in [0.15, 0.2) is 54.1 Å². The van der Waals surface area contributed by atoms with E-state index >= 15 is 0 Å². The Hall–Kier alpha value is -4.04. The van der Waals surface area contributed by atoms with Crippen molar-refractivity contribution in [1.29, 1.82) is 0 Å². The highest BCUT2D eigenvalue weighted by molar-refractivity contribution is 7.80. The van der Waals surface area contributed by atoms with Gasteiger partial charge in [0.2, 0.25) is 0 Å². The van der Waals surface area contributed by atoms with Crippen LogP contribution in [0.2, 0.25) is 0 Å². The Bertz CT molecular complexity index is 1410. The third-order valence-electron chi connectivity index (χ3n) is 5.89. The molecule has 4 rings (SSSR count). The van der Waals surface area contributed by atoms with Crippen LogP contribution in [0, 0.1) is 27.7 Å². The normalized spacial score (nSPS) is 14.9. The van der Waals surface area contributed by atoms with Gasteiger partial charge in [0.15, 0.2) is 5.11 Å². The molecule has 0 aliphatic carbocycles. The summed E-state index contributed by atoms with van der Waals surface area (Å²) in [5, 5.41) is 2.67. The molecular formula is C27H25N3O4S. The Labute approximate surface area is 209 Å². The lowest BCUT2D eigenvalue weighted by Crippen LogP contribution is -2.54. The largest absolute Gasteiger partial charge is 0.465 e. The highest BCUT2D eigenvalue weighted by Gasteiger charge is 2.35. The summed E-state index contributed by atoms with van der Waals surface area (Å²) in [4.78, 5) is 39.9. The van der Waals surface area contributed by atoms with Crippen molar-refractivity contribution < 1.29 is 19.1 Å². The average molecular weight is 488 g/mol. The van der Waals surface area contributed by atoms with E-state index < -0.39 is 17.8 Å². The van der Waals surface area contributed by atoms with Gasteiger partial charge in [-0.3, -0.25) is 19.8 Å². The summed E-state index contributed by atoms with van der Waals surface area (Å²) in [6.07, 6.45) is 1.56. The second-order valence-electron chi connectivity index (χ2n) is 8.47. The van der Waals surface area contributed by atoms with Gasteiger partial charge in [-0.1, -0.05) is 18.2 Å². The Kier molecular flexibility index (Phi) is 6.41. The topological polar surface area (TPSA) is 80.6 Å². The molecule has 35 heavy (non-hydrogen) atoms. The molecule has 1 N–H and O–H groups in total. The number of hydrogen-bond donors (Lipinski definition) is 1. The zero-order chi connectivity index (χ0) is 25.4. The smallest absolute Gasteiger partial charge is 0.339 e. The van der Waals surface area contributed by atoms with E-state index in [2.05, 4.69) is 5.32 Å². The number of esters is 1. The van der Waals surface area contributed by atoms with Crippen LogP contribution >= 0.6 is 12.2 Å². The van der Waals surface area contributed by atoms with Crippen molar-refractivity contribution in [2.75, 3.05) is 12.0 Å². The molecule has 0 bridgehead atoms. The predicted octanol–water partition coefficient (Wildman–Crippen LogP) is 4.33. The standard InChI is InChI=1S/C27H25N3O4S/c1-15-10-16(2)12-20(11-15)30-25(32)22(24(31)28-27(30)35)14-19-13-17(3)29(18(19)4)23-9-7-6-8-21(23)26(33)34-5/h6-14H,1-5H3,(H,28,31,35)/b22-14-. The fourth-order valence-electron chi connectivity index (χ4n) is 4.38. The van der Waals surface area contributed by atoms with Crippen LogP contribution in [-0.4, -0.2) is 34.6 Å². The first-order valence-corrected chi connectivity index (χ1v) is 11.4. The van der Waals surface area contributed by atoms with E-state index in [4.69, 9.17) is 17.0 Å². The van der Waals surface area contributed by atoms with E-state index in [9.17, 15) is 14.4 Å². The molecule has 1 aromatic heterocycles. The molecular weight excluding hydrogens is 462 g/mol. The van der Waals surface area contributed by atoms with Crippen molar-refractivity contribution in [2.45, 2.75) is 27.7 Å². The summed E-state index contributed by atoms with van der Waals surface area (Å²) in [6.45, 7) is 7.63. The number of anilines is 1. The Morgan fingerprint density at radius 3 is 2.31 bits per heavy atom. The number of carbonyl (C=O) groups is 3. The van der Waals surface area contributed by atoms with Crippen LogP contribution in [0.3, 0.4) is 0 Å². The van der Waals surface area contributed by atoms with Gasteiger partial charge in [0.25, 0.3) is 11.8 Å². The van der Waals surface area contributed by atoms with E-state index in [-0.39, 0.29) is 10.7 Å². The first kappa shape index (κ1) is 24.1. The fraction of sp³-hybridized carbons (Fsp3) is 0.185. The van der Waals surface area contributed by atoms with E-state index in [1.54, 1.807) is 18.2 Å². The van der Waals surface area contributed by atoms with Crippen molar-refractivity contribution in [3.8, 4) is 5.69 Å². The van der Waals surface area contributed by atoms with Crippen LogP contribution < -0.4 is 10.2 Å². The summed E-state index contributed by atoms with van der Waals surface area (Å²) in [5.41, 5.74) is 5.85. The molecule has 1 aliphatic rings. The lowest BCUT2D eigenvalue weighted by molar-refractivity contribution is -0.122. The van der Waals surface area contributed by atoms with Gasteiger partial charge in [-0.2, -0.15) is 0 Å². The summed E-state index contributed by atoms with van der Waals surface area (Å²) >= 11 is 5.33. The molecule has 0 atom stereocenters. The summed E-state index contributed by atoms with van der Waals surface area (Å²) in [6, 6.07) is 14.7. The van der Waals surface area contributed by atoms with Gasteiger partial charge in [-0.25, -0.2) is 4.79 Å². The van der Waals surface area contributed by atoms with Crippen molar-refractivity contribution in [1.82, 2.24) is 9.88 Å². The molecule has 2 aromatic carbocycles. The number of para-hydroxylation sites is 1. The monoisotopic (exact) mass is 487 g/mol. The Morgan fingerprint density at radius 2 is 1.66 bits per heavy atom. The molecule has 178 valence electrons. The molecule has 0 saturated carbocycles. The van der Waals surface area contributed by atoms with Crippen molar-refractivity contribution in [2.24, 2.45) is 0 Å². The Morgan fingerprint density at radius 1 is 1.00 bits per heavy atom. The number of benzene rings is 2. The van der Waals surface area contributed by atoms with Gasteiger partial charge in [-0.15, -0.1) is 0 Å². The number of amides is 2. The third kappa shape index (κ3) is 4.40. The van der Waals surface area contributed by atoms with E-state index in [1.807, 2.05) is 68.7 Å². The molecule has 0 unspecified atom stereocenters.